The van der Waals surface area contributed by atoms with Crippen LogP contribution >= 0.6 is 0 Å². The second kappa shape index (κ2) is 6.66. The van der Waals surface area contributed by atoms with E-state index in [9.17, 15) is 0 Å². The van der Waals surface area contributed by atoms with Crippen LogP contribution in [-0.4, -0.2) is 7.11 Å². The first kappa shape index (κ1) is 15.4. The quantitative estimate of drug-likeness (QED) is 0.804. The third kappa shape index (κ3) is 3.57. The van der Waals surface area contributed by atoms with Crippen molar-refractivity contribution in [3.8, 4) is 5.75 Å². The molecule has 0 aliphatic carbocycles. The molecule has 2 rings (SSSR count). The van der Waals surface area contributed by atoms with E-state index < -0.39 is 0 Å². The highest BCUT2D eigenvalue weighted by Gasteiger charge is 2.14. The minimum atomic E-state index is 0.194. The number of anilines is 1. The lowest BCUT2D eigenvalue weighted by Gasteiger charge is -2.22. The van der Waals surface area contributed by atoms with Gasteiger partial charge in [-0.1, -0.05) is 49.7 Å². The highest BCUT2D eigenvalue weighted by molar-refractivity contribution is 5.55. The van der Waals surface area contributed by atoms with E-state index in [1.54, 1.807) is 7.11 Å². The third-order valence-electron chi connectivity index (χ3n) is 3.81. The first-order chi connectivity index (χ1) is 10.0. The van der Waals surface area contributed by atoms with Crippen LogP contribution in [0.3, 0.4) is 0 Å². The van der Waals surface area contributed by atoms with Gasteiger partial charge in [0.1, 0.15) is 5.75 Å². The number of para-hydroxylation sites is 1. The molecule has 0 amide bonds. The Hall–Kier alpha value is -1.96. The van der Waals surface area contributed by atoms with Gasteiger partial charge in [-0.2, -0.15) is 0 Å². The molecule has 2 heteroatoms. The maximum atomic E-state index is 5.50. The first-order valence-electron chi connectivity index (χ1n) is 7.53. The monoisotopic (exact) mass is 283 g/mol. The van der Waals surface area contributed by atoms with Crippen molar-refractivity contribution < 1.29 is 4.74 Å². The van der Waals surface area contributed by atoms with Crippen LogP contribution in [0.5, 0.6) is 5.75 Å². The molecule has 2 aromatic carbocycles. The largest absolute Gasteiger partial charge is 0.496 e. The Balaban J connectivity index is 2.30. The highest BCUT2D eigenvalue weighted by Crippen LogP contribution is 2.31. The number of hydrogen-bond donors (Lipinski definition) is 1. The molecule has 0 aromatic heterocycles. The van der Waals surface area contributed by atoms with Gasteiger partial charge in [-0.3, -0.25) is 0 Å². The van der Waals surface area contributed by atoms with Gasteiger partial charge >= 0.3 is 0 Å². The van der Waals surface area contributed by atoms with Crippen molar-refractivity contribution in [3.05, 3.63) is 59.2 Å². The van der Waals surface area contributed by atoms with Gasteiger partial charge in [0.15, 0.2) is 0 Å². The molecule has 0 aliphatic rings. The Bertz CT molecular complexity index is 604. The summed E-state index contributed by atoms with van der Waals surface area (Å²) in [6.45, 7) is 8.73. The van der Waals surface area contributed by atoms with Gasteiger partial charge in [-0.25, -0.2) is 0 Å². The summed E-state index contributed by atoms with van der Waals surface area (Å²) in [6, 6.07) is 15.0. The maximum absolute atomic E-state index is 5.50. The van der Waals surface area contributed by atoms with E-state index in [2.05, 4.69) is 69.4 Å². The average molecular weight is 283 g/mol. The van der Waals surface area contributed by atoms with E-state index in [0.29, 0.717) is 5.92 Å². The molecule has 2 nitrogen and oxygen atoms in total. The SMILES string of the molecule is COc1ccc(C)cc1C(C)Nc1ccccc1C(C)C. The minimum absolute atomic E-state index is 0.194. The van der Waals surface area contributed by atoms with Crippen LogP contribution in [0, 0.1) is 6.92 Å². The number of methoxy groups -OCH3 is 1. The summed E-state index contributed by atoms with van der Waals surface area (Å²) in [6.07, 6.45) is 0. The lowest BCUT2D eigenvalue weighted by atomic mass is 9.99. The van der Waals surface area contributed by atoms with Gasteiger partial charge in [0.05, 0.1) is 13.2 Å². The lowest BCUT2D eigenvalue weighted by Crippen LogP contribution is -2.10. The zero-order chi connectivity index (χ0) is 15.4. The fourth-order valence-corrected chi connectivity index (χ4v) is 2.64. The summed E-state index contributed by atoms with van der Waals surface area (Å²) in [5.41, 5.74) is 4.98. The van der Waals surface area contributed by atoms with Crippen LogP contribution in [0.25, 0.3) is 0 Å². The molecule has 1 unspecified atom stereocenters. The van der Waals surface area contributed by atoms with Crippen LogP contribution in [0.2, 0.25) is 0 Å². The Kier molecular flexibility index (Phi) is 4.89. The van der Waals surface area contributed by atoms with Crippen molar-refractivity contribution in [1.29, 1.82) is 0 Å². The van der Waals surface area contributed by atoms with E-state index in [0.717, 1.165) is 5.75 Å². The van der Waals surface area contributed by atoms with Gasteiger partial charge in [-0.15, -0.1) is 0 Å². The highest BCUT2D eigenvalue weighted by atomic mass is 16.5. The zero-order valence-electron chi connectivity index (χ0n) is 13.6. The van der Waals surface area contributed by atoms with Crippen molar-refractivity contribution in [1.82, 2.24) is 0 Å². The minimum Gasteiger partial charge on any atom is -0.496 e. The number of aryl methyl sites for hydroxylation is 1. The molecular weight excluding hydrogens is 258 g/mol. The maximum Gasteiger partial charge on any atom is 0.124 e. The normalized spacial score (nSPS) is 12.3. The van der Waals surface area contributed by atoms with Gasteiger partial charge in [0, 0.05) is 11.3 Å². The summed E-state index contributed by atoms with van der Waals surface area (Å²) in [5, 5.41) is 3.63. The number of hydrogen-bond acceptors (Lipinski definition) is 2. The van der Waals surface area contributed by atoms with Crippen LogP contribution < -0.4 is 10.1 Å². The molecule has 0 fully saturated rings. The van der Waals surface area contributed by atoms with Crippen molar-refractivity contribution in [3.63, 3.8) is 0 Å². The Labute approximate surface area is 128 Å². The van der Waals surface area contributed by atoms with Crippen LogP contribution in [0.15, 0.2) is 42.5 Å². The predicted molar refractivity (Wildman–Crippen MR) is 90.3 cm³/mol. The summed E-state index contributed by atoms with van der Waals surface area (Å²) < 4.78 is 5.50. The molecule has 112 valence electrons. The van der Waals surface area contributed by atoms with E-state index >= 15 is 0 Å². The molecule has 21 heavy (non-hydrogen) atoms. The zero-order valence-corrected chi connectivity index (χ0v) is 13.6. The second-order valence-electron chi connectivity index (χ2n) is 5.85. The lowest BCUT2D eigenvalue weighted by molar-refractivity contribution is 0.408. The topological polar surface area (TPSA) is 21.3 Å². The molecule has 0 saturated carbocycles. The number of benzene rings is 2. The van der Waals surface area contributed by atoms with Gasteiger partial charge in [-0.05, 0) is 37.5 Å². The molecular formula is C19H25NO. The van der Waals surface area contributed by atoms with Gasteiger partial charge in [0.2, 0.25) is 0 Å². The number of nitrogens with one attached hydrogen (secondary N) is 1. The molecule has 0 bridgehead atoms. The van der Waals surface area contributed by atoms with Gasteiger partial charge < -0.3 is 10.1 Å². The fraction of sp³-hybridized carbons (Fsp3) is 0.368. The van der Waals surface area contributed by atoms with Crippen LogP contribution in [0.4, 0.5) is 5.69 Å². The summed E-state index contributed by atoms with van der Waals surface area (Å²) >= 11 is 0. The Morgan fingerprint density at radius 2 is 1.67 bits per heavy atom. The summed E-state index contributed by atoms with van der Waals surface area (Å²) in [4.78, 5) is 0. The van der Waals surface area contributed by atoms with Crippen molar-refractivity contribution in [2.75, 3.05) is 12.4 Å². The molecule has 0 spiro atoms. The molecule has 0 radical (unpaired) electrons. The van der Waals surface area contributed by atoms with Crippen molar-refractivity contribution in [2.45, 2.75) is 39.7 Å². The van der Waals surface area contributed by atoms with E-state index in [4.69, 9.17) is 4.74 Å². The van der Waals surface area contributed by atoms with Crippen molar-refractivity contribution in [2.24, 2.45) is 0 Å². The third-order valence-corrected chi connectivity index (χ3v) is 3.81. The predicted octanol–water partition coefficient (Wildman–Crippen LogP) is 5.30. The van der Waals surface area contributed by atoms with E-state index in [1.807, 2.05) is 6.07 Å². The molecule has 0 aliphatic heterocycles. The summed E-state index contributed by atoms with van der Waals surface area (Å²) in [7, 11) is 1.73. The van der Waals surface area contributed by atoms with E-state index in [-0.39, 0.29) is 6.04 Å². The molecule has 1 atom stereocenters. The summed E-state index contributed by atoms with van der Waals surface area (Å²) in [5.74, 6) is 1.43. The Morgan fingerprint density at radius 1 is 0.952 bits per heavy atom. The van der Waals surface area contributed by atoms with Crippen LogP contribution in [0.1, 0.15) is 49.4 Å². The van der Waals surface area contributed by atoms with E-state index in [1.165, 1.54) is 22.4 Å². The number of ether oxygens (including phenoxy) is 1. The smallest absolute Gasteiger partial charge is 0.124 e. The Morgan fingerprint density at radius 3 is 2.33 bits per heavy atom. The molecule has 2 aromatic rings. The molecule has 1 N–H and O–H groups in total. The van der Waals surface area contributed by atoms with Crippen molar-refractivity contribution >= 4 is 5.69 Å². The van der Waals surface area contributed by atoms with Crippen LogP contribution in [-0.2, 0) is 0 Å². The number of rotatable bonds is 5. The fourth-order valence-electron chi connectivity index (χ4n) is 2.64. The first-order valence-corrected chi connectivity index (χ1v) is 7.53. The average Bonchev–Trinajstić information content (AvgIpc) is 2.47. The standard InChI is InChI=1S/C19H25NO/c1-13(2)16-8-6-7-9-18(16)20-15(4)17-12-14(3)10-11-19(17)21-5/h6-13,15,20H,1-5H3. The van der Waals surface area contributed by atoms with Gasteiger partial charge in [0.25, 0.3) is 0 Å². The molecule has 0 saturated heterocycles. The second-order valence-corrected chi connectivity index (χ2v) is 5.85. The molecule has 0 heterocycles.